The SMILES string of the molecule is CN(Cc1cccs1)C(=O)CN1CCC(CC(=O)O)C1. The molecule has 1 atom stereocenters. The summed E-state index contributed by atoms with van der Waals surface area (Å²) in [6.45, 7) is 2.56. The molecule has 1 saturated heterocycles. The fourth-order valence-electron chi connectivity index (χ4n) is 2.51. The van der Waals surface area contributed by atoms with Crippen molar-refractivity contribution in [3.05, 3.63) is 22.4 Å². The first-order valence-corrected chi connectivity index (χ1v) is 7.63. The molecule has 1 aromatic rings. The zero-order valence-corrected chi connectivity index (χ0v) is 12.4. The Morgan fingerprint density at radius 2 is 2.35 bits per heavy atom. The monoisotopic (exact) mass is 296 g/mol. The predicted molar refractivity (Wildman–Crippen MR) is 77.6 cm³/mol. The highest BCUT2D eigenvalue weighted by atomic mass is 32.1. The number of likely N-dealkylation sites (N-methyl/N-ethyl adjacent to an activating group) is 1. The molecule has 5 nitrogen and oxygen atoms in total. The molecule has 0 aliphatic carbocycles. The Hall–Kier alpha value is -1.40. The van der Waals surface area contributed by atoms with Gasteiger partial charge in [-0.3, -0.25) is 14.5 Å². The summed E-state index contributed by atoms with van der Waals surface area (Å²) in [5, 5.41) is 10.8. The van der Waals surface area contributed by atoms with Gasteiger partial charge in [-0.2, -0.15) is 0 Å². The van der Waals surface area contributed by atoms with Crippen LogP contribution in [0.4, 0.5) is 0 Å². The molecule has 6 heteroatoms. The van der Waals surface area contributed by atoms with Gasteiger partial charge in [0.25, 0.3) is 0 Å². The van der Waals surface area contributed by atoms with Crippen LogP contribution in [-0.4, -0.2) is 53.5 Å². The topological polar surface area (TPSA) is 60.9 Å². The molecule has 1 fully saturated rings. The zero-order valence-electron chi connectivity index (χ0n) is 11.6. The Bertz CT molecular complexity index is 461. The molecule has 2 rings (SSSR count). The van der Waals surface area contributed by atoms with Crippen molar-refractivity contribution in [2.75, 3.05) is 26.7 Å². The van der Waals surface area contributed by atoms with Crippen LogP contribution in [0.25, 0.3) is 0 Å². The van der Waals surface area contributed by atoms with Crippen molar-refractivity contribution in [1.82, 2.24) is 9.80 Å². The van der Waals surface area contributed by atoms with E-state index in [0.29, 0.717) is 19.6 Å². The zero-order chi connectivity index (χ0) is 14.5. The first kappa shape index (κ1) is 15.0. The Labute approximate surface area is 122 Å². The fourth-order valence-corrected chi connectivity index (χ4v) is 3.26. The molecule has 1 aliphatic rings. The second-order valence-corrected chi connectivity index (χ2v) is 6.35. The predicted octanol–water partition coefficient (Wildman–Crippen LogP) is 1.50. The van der Waals surface area contributed by atoms with Gasteiger partial charge in [-0.15, -0.1) is 11.3 Å². The number of hydrogen-bond acceptors (Lipinski definition) is 4. The van der Waals surface area contributed by atoms with Crippen LogP contribution in [0.5, 0.6) is 0 Å². The number of aliphatic carboxylic acids is 1. The molecule has 0 saturated carbocycles. The van der Waals surface area contributed by atoms with E-state index in [9.17, 15) is 9.59 Å². The normalized spacial score (nSPS) is 19.1. The Balaban J connectivity index is 1.76. The van der Waals surface area contributed by atoms with Crippen LogP contribution < -0.4 is 0 Å². The molecule has 0 bridgehead atoms. The maximum atomic E-state index is 12.1. The van der Waals surface area contributed by atoms with E-state index in [-0.39, 0.29) is 18.2 Å². The highest BCUT2D eigenvalue weighted by Crippen LogP contribution is 2.19. The Kier molecular flexibility index (Phi) is 5.14. The molecule has 1 amide bonds. The van der Waals surface area contributed by atoms with Crippen LogP contribution in [0.15, 0.2) is 17.5 Å². The van der Waals surface area contributed by atoms with Gasteiger partial charge in [0.1, 0.15) is 0 Å². The van der Waals surface area contributed by atoms with Gasteiger partial charge in [-0.25, -0.2) is 0 Å². The maximum Gasteiger partial charge on any atom is 0.303 e. The number of thiophene rings is 1. The molecule has 0 radical (unpaired) electrons. The molecule has 1 aromatic heterocycles. The number of rotatable bonds is 6. The van der Waals surface area contributed by atoms with E-state index in [0.717, 1.165) is 13.0 Å². The lowest BCUT2D eigenvalue weighted by atomic mass is 10.1. The standard InChI is InChI=1S/C14H20N2O3S/c1-15(9-12-3-2-6-20-12)13(17)10-16-5-4-11(8-16)7-14(18)19/h2-3,6,11H,4-5,7-10H2,1H3,(H,18,19). The summed E-state index contributed by atoms with van der Waals surface area (Å²) in [5.41, 5.74) is 0. The van der Waals surface area contributed by atoms with E-state index in [2.05, 4.69) is 4.90 Å². The van der Waals surface area contributed by atoms with Gasteiger partial charge in [0.15, 0.2) is 0 Å². The lowest BCUT2D eigenvalue weighted by Gasteiger charge is -2.21. The summed E-state index contributed by atoms with van der Waals surface area (Å²) in [5.74, 6) is -0.477. The van der Waals surface area contributed by atoms with Crippen LogP contribution in [0.3, 0.4) is 0 Å². The summed E-state index contributed by atoms with van der Waals surface area (Å²) in [6, 6.07) is 4.00. The van der Waals surface area contributed by atoms with E-state index in [4.69, 9.17) is 5.11 Å². The molecule has 1 unspecified atom stereocenters. The number of amides is 1. The number of hydrogen-bond donors (Lipinski definition) is 1. The number of nitrogens with zero attached hydrogens (tertiary/aromatic N) is 2. The summed E-state index contributed by atoms with van der Waals surface area (Å²) < 4.78 is 0. The number of carboxylic acids is 1. The molecule has 0 aromatic carbocycles. The van der Waals surface area contributed by atoms with E-state index in [1.54, 1.807) is 16.2 Å². The summed E-state index contributed by atoms with van der Waals surface area (Å²) >= 11 is 1.65. The minimum absolute atomic E-state index is 0.0920. The second-order valence-electron chi connectivity index (χ2n) is 5.32. The van der Waals surface area contributed by atoms with Gasteiger partial charge < -0.3 is 10.0 Å². The lowest BCUT2D eigenvalue weighted by molar-refractivity contribution is -0.138. The van der Waals surface area contributed by atoms with Crippen LogP contribution in [0, 0.1) is 5.92 Å². The molecular formula is C14H20N2O3S. The van der Waals surface area contributed by atoms with E-state index in [1.165, 1.54) is 4.88 Å². The number of likely N-dealkylation sites (tertiary alicyclic amines) is 1. The smallest absolute Gasteiger partial charge is 0.303 e. The quantitative estimate of drug-likeness (QED) is 0.864. The molecule has 0 spiro atoms. The van der Waals surface area contributed by atoms with Crippen LogP contribution >= 0.6 is 11.3 Å². The number of carbonyl (C=O) groups is 2. The Morgan fingerprint density at radius 3 is 3.00 bits per heavy atom. The summed E-state index contributed by atoms with van der Waals surface area (Å²) in [7, 11) is 1.81. The van der Waals surface area contributed by atoms with Crippen LogP contribution in [0.2, 0.25) is 0 Å². The Morgan fingerprint density at radius 1 is 1.55 bits per heavy atom. The number of carbonyl (C=O) groups excluding carboxylic acids is 1. The molecule has 1 N–H and O–H groups in total. The summed E-state index contributed by atoms with van der Waals surface area (Å²) in [6.07, 6.45) is 1.07. The number of carboxylic acid groups (broad SMARTS) is 1. The third kappa shape index (κ3) is 4.31. The van der Waals surface area contributed by atoms with Crippen molar-refractivity contribution >= 4 is 23.2 Å². The minimum atomic E-state index is -0.752. The van der Waals surface area contributed by atoms with Crippen molar-refractivity contribution in [1.29, 1.82) is 0 Å². The first-order chi connectivity index (χ1) is 9.54. The van der Waals surface area contributed by atoms with Crippen LogP contribution in [0.1, 0.15) is 17.7 Å². The fraction of sp³-hybridized carbons (Fsp3) is 0.571. The van der Waals surface area contributed by atoms with Gasteiger partial charge in [-0.1, -0.05) is 6.07 Å². The van der Waals surface area contributed by atoms with Gasteiger partial charge in [0.05, 0.1) is 13.1 Å². The van der Waals surface area contributed by atoms with Crippen molar-refractivity contribution < 1.29 is 14.7 Å². The van der Waals surface area contributed by atoms with E-state index >= 15 is 0 Å². The van der Waals surface area contributed by atoms with Crippen molar-refractivity contribution in [3.63, 3.8) is 0 Å². The maximum absolute atomic E-state index is 12.1. The lowest BCUT2D eigenvalue weighted by Crippen LogP contribution is -2.37. The average molecular weight is 296 g/mol. The highest BCUT2D eigenvalue weighted by Gasteiger charge is 2.26. The largest absolute Gasteiger partial charge is 0.481 e. The molecule has 2 heterocycles. The van der Waals surface area contributed by atoms with Gasteiger partial charge in [-0.05, 0) is 30.3 Å². The van der Waals surface area contributed by atoms with Gasteiger partial charge in [0.2, 0.25) is 5.91 Å². The molecule has 1 aliphatic heterocycles. The third-order valence-corrected chi connectivity index (χ3v) is 4.45. The average Bonchev–Trinajstić information content (AvgIpc) is 3.00. The van der Waals surface area contributed by atoms with E-state index < -0.39 is 5.97 Å². The van der Waals surface area contributed by atoms with Gasteiger partial charge in [0, 0.05) is 24.9 Å². The van der Waals surface area contributed by atoms with Crippen molar-refractivity contribution in [3.8, 4) is 0 Å². The second kappa shape index (κ2) is 6.85. The third-order valence-electron chi connectivity index (χ3n) is 3.59. The first-order valence-electron chi connectivity index (χ1n) is 6.75. The van der Waals surface area contributed by atoms with Crippen molar-refractivity contribution in [2.24, 2.45) is 5.92 Å². The summed E-state index contributed by atoms with van der Waals surface area (Å²) in [4.78, 5) is 27.8. The van der Waals surface area contributed by atoms with Crippen molar-refractivity contribution in [2.45, 2.75) is 19.4 Å². The molecular weight excluding hydrogens is 276 g/mol. The minimum Gasteiger partial charge on any atom is -0.481 e. The van der Waals surface area contributed by atoms with E-state index in [1.807, 2.05) is 24.6 Å². The highest BCUT2D eigenvalue weighted by molar-refractivity contribution is 7.09. The van der Waals surface area contributed by atoms with Gasteiger partial charge >= 0.3 is 5.97 Å². The molecule has 20 heavy (non-hydrogen) atoms. The van der Waals surface area contributed by atoms with Crippen LogP contribution in [-0.2, 0) is 16.1 Å². The molecule has 110 valence electrons.